The second kappa shape index (κ2) is 6.74. The Labute approximate surface area is 132 Å². The van der Waals surface area contributed by atoms with Crippen molar-refractivity contribution >= 4 is 28.2 Å². The number of thiazole rings is 1. The summed E-state index contributed by atoms with van der Waals surface area (Å²) >= 11 is 1.60. The fourth-order valence-electron chi connectivity index (χ4n) is 2.60. The highest BCUT2D eigenvalue weighted by atomic mass is 32.1. The van der Waals surface area contributed by atoms with Crippen molar-refractivity contribution in [3.63, 3.8) is 0 Å². The number of benzene rings is 1. The third-order valence-corrected chi connectivity index (χ3v) is 4.47. The Hall–Kier alpha value is -2.15. The lowest BCUT2D eigenvalue weighted by Gasteiger charge is -2.24. The first kappa shape index (κ1) is 14.8. The van der Waals surface area contributed by atoms with Gasteiger partial charge >= 0.3 is 6.03 Å². The van der Waals surface area contributed by atoms with E-state index in [4.69, 9.17) is 0 Å². The lowest BCUT2D eigenvalue weighted by atomic mass is 10.2. The Morgan fingerprint density at radius 2 is 2.32 bits per heavy atom. The highest BCUT2D eigenvalue weighted by Gasteiger charge is 2.26. The summed E-state index contributed by atoms with van der Waals surface area (Å²) in [7, 11) is 0. The summed E-state index contributed by atoms with van der Waals surface area (Å²) in [6.45, 7) is 1.47. The van der Waals surface area contributed by atoms with E-state index in [1.165, 1.54) is 12.1 Å². The maximum Gasteiger partial charge on any atom is 0.319 e. The second-order valence-corrected chi connectivity index (χ2v) is 5.99. The van der Waals surface area contributed by atoms with Crippen LogP contribution in [0, 0.1) is 5.82 Å². The molecule has 1 aromatic carbocycles. The molecule has 0 radical (unpaired) electrons. The molecule has 2 amide bonds. The number of rotatable bonds is 4. The molecule has 2 aromatic rings. The standard InChI is InChI=1S/C15H17FN4OS/c16-12-5-1-2-6-13(12)19-14(21)18-10-11-4-3-8-20(11)15-17-7-9-22-15/h1-2,5-7,9,11H,3-4,8,10H2,(H2,18,19,21). The fraction of sp³-hybridized carbons (Fsp3) is 0.333. The number of urea groups is 1. The Balaban J connectivity index is 1.54. The molecule has 1 atom stereocenters. The van der Waals surface area contributed by atoms with E-state index in [2.05, 4.69) is 20.5 Å². The van der Waals surface area contributed by atoms with E-state index < -0.39 is 11.8 Å². The minimum Gasteiger partial charge on any atom is -0.343 e. The number of halogens is 1. The number of hydrogen-bond donors (Lipinski definition) is 2. The molecule has 2 N–H and O–H groups in total. The molecule has 1 aliphatic rings. The van der Waals surface area contributed by atoms with Crippen molar-refractivity contribution in [3.05, 3.63) is 41.7 Å². The molecule has 2 heterocycles. The summed E-state index contributed by atoms with van der Waals surface area (Å²) in [6, 6.07) is 5.96. The normalized spacial score (nSPS) is 17.5. The van der Waals surface area contributed by atoms with E-state index in [1.807, 2.05) is 5.38 Å². The molecule has 1 fully saturated rings. The van der Waals surface area contributed by atoms with Gasteiger partial charge in [0.1, 0.15) is 5.82 Å². The molecule has 0 bridgehead atoms. The molecule has 1 aliphatic heterocycles. The minimum atomic E-state index is -0.442. The maximum atomic E-state index is 13.5. The zero-order valence-corrected chi connectivity index (χ0v) is 12.8. The monoisotopic (exact) mass is 320 g/mol. The van der Waals surface area contributed by atoms with Crippen LogP contribution in [0.25, 0.3) is 0 Å². The first-order chi connectivity index (χ1) is 10.7. The third kappa shape index (κ3) is 3.36. The Morgan fingerprint density at radius 1 is 1.45 bits per heavy atom. The molecule has 1 aromatic heterocycles. The van der Waals surface area contributed by atoms with Gasteiger partial charge in [-0.25, -0.2) is 14.2 Å². The number of amides is 2. The molecule has 1 saturated heterocycles. The van der Waals surface area contributed by atoms with Crippen molar-refractivity contribution in [3.8, 4) is 0 Å². The van der Waals surface area contributed by atoms with Crippen LogP contribution in [0.5, 0.6) is 0 Å². The van der Waals surface area contributed by atoms with Crippen LogP contribution in [0.15, 0.2) is 35.8 Å². The molecule has 3 rings (SSSR count). The SMILES string of the molecule is O=C(NCC1CCCN1c1nccs1)Nc1ccccc1F. The van der Waals surface area contributed by atoms with E-state index in [0.29, 0.717) is 6.54 Å². The molecule has 116 valence electrons. The van der Waals surface area contributed by atoms with E-state index >= 15 is 0 Å². The van der Waals surface area contributed by atoms with Crippen LogP contribution >= 0.6 is 11.3 Å². The van der Waals surface area contributed by atoms with Gasteiger partial charge in [0.05, 0.1) is 5.69 Å². The third-order valence-electron chi connectivity index (χ3n) is 3.66. The molecule has 0 saturated carbocycles. The Kier molecular flexibility index (Phi) is 4.53. The van der Waals surface area contributed by atoms with Gasteiger partial charge in [0, 0.05) is 30.7 Å². The summed E-state index contributed by atoms with van der Waals surface area (Å²) in [5.41, 5.74) is 0.184. The van der Waals surface area contributed by atoms with E-state index in [0.717, 1.165) is 24.5 Å². The average molecular weight is 320 g/mol. The average Bonchev–Trinajstić information content (AvgIpc) is 3.18. The lowest BCUT2D eigenvalue weighted by molar-refractivity contribution is 0.251. The number of carbonyl (C=O) groups excluding carboxylic acids is 1. The largest absolute Gasteiger partial charge is 0.343 e. The smallest absolute Gasteiger partial charge is 0.319 e. The quantitative estimate of drug-likeness (QED) is 0.910. The van der Waals surface area contributed by atoms with Gasteiger partial charge in [0.25, 0.3) is 0 Å². The Bertz CT molecular complexity index is 634. The van der Waals surface area contributed by atoms with Gasteiger partial charge in [-0.15, -0.1) is 11.3 Å². The summed E-state index contributed by atoms with van der Waals surface area (Å²) in [5.74, 6) is -0.442. The predicted octanol–water partition coefficient (Wildman–Crippen LogP) is 3.07. The van der Waals surface area contributed by atoms with Gasteiger partial charge in [-0.05, 0) is 25.0 Å². The molecular formula is C15H17FN4OS. The van der Waals surface area contributed by atoms with Crippen LogP contribution in [-0.4, -0.2) is 30.1 Å². The predicted molar refractivity (Wildman–Crippen MR) is 85.9 cm³/mol. The van der Waals surface area contributed by atoms with Crippen LogP contribution in [-0.2, 0) is 0 Å². The number of carbonyl (C=O) groups is 1. The lowest BCUT2D eigenvalue weighted by Crippen LogP contribution is -2.41. The number of hydrogen-bond acceptors (Lipinski definition) is 4. The van der Waals surface area contributed by atoms with Crippen LogP contribution in [0.1, 0.15) is 12.8 Å². The maximum absolute atomic E-state index is 13.5. The number of nitrogens with one attached hydrogen (secondary N) is 2. The minimum absolute atomic E-state index is 0.184. The number of nitrogens with zero attached hydrogens (tertiary/aromatic N) is 2. The molecule has 7 heteroatoms. The van der Waals surface area contributed by atoms with Crippen molar-refractivity contribution in [1.82, 2.24) is 10.3 Å². The molecule has 0 spiro atoms. The number of aromatic nitrogens is 1. The van der Waals surface area contributed by atoms with Gasteiger partial charge in [0.15, 0.2) is 5.13 Å². The molecule has 22 heavy (non-hydrogen) atoms. The van der Waals surface area contributed by atoms with Crippen molar-refractivity contribution < 1.29 is 9.18 Å². The van der Waals surface area contributed by atoms with E-state index in [-0.39, 0.29) is 11.7 Å². The highest BCUT2D eigenvalue weighted by molar-refractivity contribution is 7.13. The van der Waals surface area contributed by atoms with Crippen LogP contribution in [0.2, 0.25) is 0 Å². The van der Waals surface area contributed by atoms with Crippen molar-refractivity contribution in [2.75, 3.05) is 23.3 Å². The van der Waals surface area contributed by atoms with Crippen molar-refractivity contribution in [2.45, 2.75) is 18.9 Å². The fourth-order valence-corrected chi connectivity index (χ4v) is 3.34. The van der Waals surface area contributed by atoms with Gasteiger partial charge in [-0.3, -0.25) is 0 Å². The van der Waals surface area contributed by atoms with Crippen LogP contribution in [0.3, 0.4) is 0 Å². The van der Waals surface area contributed by atoms with Crippen molar-refractivity contribution in [1.29, 1.82) is 0 Å². The zero-order valence-electron chi connectivity index (χ0n) is 12.0. The van der Waals surface area contributed by atoms with Gasteiger partial charge in [-0.1, -0.05) is 12.1 Å². The first-order valence-corrected chi connectivity index (χ1v) is 8.07. The second-order valence-electron chi connectivity index (χ2n) is 5.12. The Morgan fingerprint density at radius 3 is 3.09 bits per heavy atom. The summed E-state index contributed by atoms with van der Waals surface area (Å²) in [4.78, 5) is 18.4. The molecule has 1 unspecified atom stereocenters. The van der Waals surface area contributed by atoms with Crippen LogP contribution < -0.4 is 15.5 Å². The summed E-state index contributed by atoms with van der Waals surface area (Å²) in [6.07, 6.45) is 3.88. The molecular weight excluding hydrogens is 303 g/mol. The summed E-state index contributed by atoms with van der Waals surface area (Å²) < 4.78 is 13.5. The first-order valence-electron chi connectivity index (χ1n) is 7.19. The topological polar surface area (TPSA) is 57.3 Å². The van der Waals surface area contributed by atoms with E-state index in [1.54, 1.807) is 29.7 Å². The number of para-hydroxylation sites is 1. The van der Waals surface area contributed by atoms with Gasteiger partial charge in [-0.2, -0.15) is 0 Å². The highest BCUT2D eigenvalue weighted by Crippen LogP contribution is 2.26. The van der Waals surface area contributed by atoms with Gasteiger partial charge in [0.2, 0.25) is 0 Å². The molecule has 0 aliphatic carbocycles. The van der Waals surface area contributed by atoms with E-state index in [9.17, 15) is 9.18 Å². The zero-order chi connectivity index (χ0) is 15.4. The van der Waals surface area contributed by atoms with Crippen LogP contribution in [0.4, 0.5) is 20.0 Å². The number of anilines is 2. The summed E-state index contributed by atoms with van der Waals surface area (Å²) in [5, 5.41) is 8.27. The van der Waals surface area contributed by atoms with Crippen molar-refractivity contribution in [2.24, 2.45) is 0 Å². The van der Waals surface area contributed by atoms with Gasteiger partial charge < -0.3 is 15.5 Å². The molecule has 5 nitrogen and oxygen atoms in total.